The number of aryl methyl sites for hydroxylation is 2. The minimum Gasteiger partial charge on any atom is -0.491 e. The van der Waals surface area contributed by atoms with E-state index in [1.807, 2.05) is 38.1 Å². The number of nitrogens with zero attached hydrogens (tertiary/aromatic N) is 4. The van der Waals surface area contributed by atoms with Crippen LogP contribution in [0.3, 0.4) is 0 Å². The highest BCUT2D eigenvalue weighted by atomic mass is 16.5. The van der Waals surface area contributed by atoms with Gasteiger partial charge in [-0.3, -0.25) is 0 Å². The van der Waals surface area contributed by atoms with Gasteiger partial charge in [0, 0.05) is 30.4 Å². The van der Waals surface area contributed by atoms with E-state index in [1.165, 1.54) is 7.11 Å². The second-order valence-corrected chi connectivity index (χ2v) is 10.3. The molecule has 3 aromatic rings. The normalized spacial score (nSPS) is 18.2. The van der Waals surface area contributed by atoms with E-state index in [4.69, 9.17) is 24.0 Å². The van der Waals surface area contributed by atoms with Crippen LogP contribution >= 0.6 is 0 Å². The van der Waals surface area contributed by atoms with Crippen molar-refractivity contribution in [2.24, 2.45) is 5.92 Å². The minimum atomic E-state index is -0.611. The number of rotatable bonds is 9. The number of carbonyl (C=O) groups excluding carboxylic acids is 1. The number of carbonyl (C=O) groups is 1. The highest BCUT2D eigenvalue weighted by Gasteiger charge is 2.30. The molecule has 0 spiro atoms. The molecule has 2 unspecified atom stereocenters. The van der Waals surface area contributed by atoms with Gasteiger partial charge in [-0.1, -0.05) is 17.3 Å². The van der Waals surface area contributed by atoms with E-state index in [9.17, 15) is 9.90 Å². The zero-order valence-corrected chi connectivity index (χ0v) is 23.7. The monoisotopic (exact) mass is 537 g/mol. The van der Waals surface area contributed by atoms with Gasteiger partial charge in [0.05, 0.1) is 24.1 Å². The van der Waals surface area contributed by atoms with Gasteiger partial charge in [-0.05, 0) is 77.6 Å². The summed E-state index contributed by atoms with van der Waals surface area (Å²) in [7, 11) is 3.21. The molecule has 0 bridgehead atoms. The lowest BCUT2D eigenvalue weighted by Crippen LogP contribution is -2.45. The molecule has 3 heterocycles. The summed E-state index contributed by atoms with van der Waals surface area (Å²) in [5, 5.41) is 17.1. The van der Waals surface area contributed by atoms with Gasteiger partial charge in [-0.2, -0.15) is 0 Å². The molecule has 1 fully saturated rings. The van der Waals surface area contributed by atoms with Crippen LogP contribution in [0.2, 0.25) is 0 Å². The number of nitrogens with one attached hydrogen (secondary N) is 1. The van der Waals surface area contributed by atoms with Crippen molar-refractivity contribution in [3.05, 3.63) is 47.0 Å². The van der Waals surface area contributed by atoms with Gasteiger partial charge in [-0.25, -0.2) is 14.8 Å². The van der Waals surface area contributed by atoms with Crippen LogP contribution in [0, 0.1) is 26.7 Å². The molecule has 0 radical (unpaired) electrons. The Kier molecular flexibility index (Phi) is 9.19. The number of likely N-dealkylation sites (N-methyl/N-ethyl adjacent to an activating group) is 1. The van der Waals surface area contributed by atoms with Crippen molar-refractivity contribution in [3.63, 3.8) is 0 Å². The van der Waals surface area contributed by atoms with E-state index in [-0.39, 0.29) is 18.7 Å². The van der Waals surface area contributed by atoms with Gasteiger partial charge >= 0.3 is 6.09 Å². The van der Waals surface area contributed by atoms with Crippen molar-refractivity contribution in [2.45, 2.75) is 59.1 Å². The third-order valence-electron chi connectivity index (χ3n) is 7.37. The summed E-state index contributed by atoms with van der Waals surface area (Å²) in [5.41, 5.74) is 5.25. The number of amides is 1. The van der Waals surface area contributed by atoms with Crippen molar-refractivity contribution in [2.75, 3.05) is 33.9 Å². The predicted octanol–water partition coefficient (Wildman–Crippen LogP) is 4.09. The van der Waals surface area contributed by atoms with Crippen LogP contribution in [0.1, 0.15) is 42.5 Å². The van der Waals surface area contributed by atoms with Crippen LogP contribution in [0.5, 0.6) is 5.75 Å². The Morgan fingerprint density at radius 3 is 2.74 bits per heavy atom. The molecule has 0 saturated carbocycles. The van der Waals surface area contributed by atoms with Crippen LogP contribution in [0.15, 0.2) is 28.8 Å². The lowest BCUT2D eigenvalue weighted by atomic mass is 9.86. The summed E-state index contributed by atoms with van der Waals surface area (Å²) in [6.45, 7) is 9.21. The number of piperidine rings is 1. The van der Waals surface area contributed by atoms with E-state index in [2.05, 4.69) is 24.3 Å². The quantitative estimate of drug-likeness (QED) is 0.415. The number of ether oxygens (including phenoxy) is 2. The Hall–Kier alpha value is -3.50. The Bertz CT molecular complexity index is 1270. The van der Waals surface area contributed by atoms with E-state index < -0.39 is 6.10 Å². The standard InChI is InChI=1S/C29H39N5O5/c1-17-12-21(10-11-34(17)29(36)37-6)13-25-18(2)27(26-19(3)33-39-20(26)4)32-28(31-25)22-8-7-9-24(14-22)38-16-23(35)15-30-5/h7-9,14,17,21,23,30,35H,10-13,15-16H2,1-6H3/t17?,21?,23-/m0/s1. The SMILES string of the molecule is CNC[C@H](O)COc1cccc(-c2nc(CC3CCN(C(=O)OC)C(C)C3)c(C)c(-c3c(C)noc3C)n2)c1. The van der Waals surface area contributed by atoms with Crippen LogP contribution in [0.25, 0.3) is 22.6 Å². The van der Waals surface area contributed by atoms with Crippen LogP contribution in [-0.2, 0) is 11.2 Å². The van der Waals surface area contributed by atoms with E-state index in [0.29, 0.717) is 36.3 Å². The second kappa shape index (κ2) is 12.6. The van der Waals surface area contributed by atoms with Crippen LogP contribution < -0.4 is 10.1 Å². The fourth-order valence-corrected chi connectivity index (χ4v) is 5.28. The Balaban J connectivity index is 1.67. The average molecular weight is 538 g/mol. The number of hydrogen-bond donors (Lipinski definition) is 2. The highest BCUT2D eigenvalue weighted by Crippen LogP contribution is 2.34. The molecule has 4 rings (SSSR count). The molecule has 1 aliphatic rings. The number of methoxy groups -OCH3 is 1. The van der Waals surface area contributed by atoms with Gasteiger partial charge < -0.3 is 29.3 Å². The summed E-state index contributed by atoms with van der Waals surface area (Å²) < 4.78 is 16.3. The fourth-order valence-electron chi connectivity index (χ4n) is 5.28. The maximum atomic E-state index is 12.1. The van der Waals surface area contributed by atoms with Gasteiger partial charge in [-0.15, -0.1) is 0 Å². The first-order valence-corrected chi connectivity index (χ1v) is 13.4. The lowest BCUT2D eigenvalue weighted by molar-refractivity contribution is 0.0809. The molecule has 0 aliphatic carbocycles. The number of aliphatic hydroxyl groups excluding tert-OH is 1. The summed E-state index contributed by atoms with van der Waals surface area (Å²) >= 11 is 0. The van der Waals surface area contributed by atoms with Crippen molar-refractivity contribution >= 4 is 6.09 Å². The Labute approximate surface area is 229 Å². The number of aromatic nitrogens is 3. The minimum absolute atomic E-state index is 0.0898. The smallest absolute Gasteiger partial charge is 0.409 e. The average Bonchev–Trinajstić information content (AvgIpc) is 3.26. The predicted molar refractivity (Wildman–Crippen MR) is 148 cm³/mol. The molecule has 10 nitrogen and oxygen atoms in total. The number of benzene rings is 1. The van der Waals surface area contributed by atoms with Gasteiger partial charge in [0.2, 0.25) is 0 Å². The largest absolute Gasteiger partial charge is 0.491 e. The third kappa shape index (κ3) is 6.57. The third-order valence-corrected chi connectivity index (χ3v) is 7.37. The molecule has 1 amide bonds. The first kappa shape index (κ1) is 28.5. The maximum Gasteiger partial charge on any atom is 0.409 e. The van der Waals surface area contributed by atoms with Crippen molar-refractivity contribution < 1.29 is 23.9 Å². The molecule has 10 heteroatoms. The lowest BCUT2D eigenvalue weighted by Gasteiger charge is -2.36. The van der Waals surface area contributed by atoms with Crippen molar-refractivity contribution in [1.29, 1.82) is 0 Å². The summed E-state index contributed by atoms with van der Waals surface area (Å²) in [5.74, 6) is 2.30. The Morgan fingerprint density at radius 2 is 2.08 bits per heavy atom. The molecule has 1 aromatic carbocycles. The fraction of sp³-hybridized carbons (Fsp3) is 0.517. The van der Waals surface area contributed by atoms with Gasteiger partial charge in [0.15, 0.2) is 5.82 Å². The van der Waals surface area contributed by atoms with Gasteiger partial charge in [0.1, 0.15) is 24.2 Å². The van der Waals surface area contributed by atoms with Crippen molar-refractivity contribution in [1.82, 2.24) is 25.3 Å². The number of hydrogen-bond acceptors (Lipinski definition) is 9. The summed E-state index contributed by atoms with van der Waals surface area (Å²) in [6, 6.07) is 7.70. The first-order chi connectivity index (χ1) is 18.7. The van der Waals surface area contributed by atoms with Crippen molar-refractivity contribution in [3.8, 4) is 28.4 Å². The molecule has 39 heavy (non-hydrogen) atoms. The van der Waals surface area contributed by atoms with Crippen LogP contribution in [-0.4, -0.2) is 77.2 Å². The zero-order valence-electron chi connectivity index (χ0n) is 23.7. The Morgan fingerprint density at radius 1 is 1.28 bits per heavy atom. The maximum absolute atomic E-state index is 12.1. The first-order valence-electron chi connectivity index (χ1n) is 13.4. The zero-order chi connectivity index (χ0) is 28.1. The molecule has 3 atom stereocenters. The highest BCUT2D eigenvalue weighted by molar-refractivity contribution is 5.71. The topological polar surface area (TPSA) is 123 Å². The molecule has 2 N–H and O–H groups in total. The van der Waals surface area contributed by atoms with Gasteiger partial charge in [0.25, 0.3) is 0 Å². The molecular weight excluding hydrogens is 498 g/mol. The number of likely N-dealkylation sites (tertiary alicyclic amines) is 1. The van der Waals surface area contributed by atoms with E-state index in [0.717, 1.165) is 53.0 Å². The molecule has 2 aromatic heterocycles. The van der Waals surface area contributed by atoms with E-state index in [1.54, 1.807) is 11.9 Å². The van der Waals surface area contributed by atoms with Crippen LogP contribution in [0.4, 0.5) is 4.79 Å². The molecule has 1 saturated heterocycles. The number of aliphatic hydroxyl groups is 1. The van der Waals surface area contributed by atoms with E-state index >= 15 is 0 Å². The summed E-state index contributed by atoms with van der Waals surface area (Å²) in [6.07, 6.45) is 1.62. The molecule has 210 valence electrons. The summed E-state index contributed by atoms with van der Waals surface area (Å²) in [4.78, 5) is 24.0. The molecule has 1 aliphatic heterocycles. The molecular formula is C29H39N5O5. The second-order valence-electron chi connectivity index (χ2n) is 10.3.